The summed E-state index contributed by atoms with van der Waals surface area (Å²) in [5, 5.41) is 5.62. The average Bonchev–Trinajstić information content (AvgIpc) is 2.33. The fourth-order valence-electron chi connectivity index (χ4n) is 1.11. The number of carbonyl (C=O) groups is 1. The van der Waals surface area contributed by atoms with Gasteiger partial charge in [-0.3, -0.25) is 10.1 Å². The molecule has 0 aliphatic carbocycles. The van der Waals surface area contributed by atoms with Crippen LogP contribution in [0.5, 0.6) is 0 Å². The number of nitrogens with one attached hydrogen (secondary N) is 2. The molecule has 0 saturated heterocycles. The lowest BCUT2D eigenvalue weighted by atomic mass is 10.3. The number of ether oxygens (including phenoxy) is 2. The number of carbonyl (C=O) groups excluding carboxylic acids is 1. The third-order valence-electron chi connectivity index (χ3n) is 1.98. The van der Waals surface area contributed by atoms with Gasteiger partial charge in [0.2, 0.25) is 5.91 Å². The third-order valence-corrected chi connectivity index (χ3v) is 1.98. The van der Waals surface area contributed by atoms with Crippen LogP contribution in [-0.2, 0) is 14.3 Å². The summed E-state index contributed by atoms with van der Waals surface area (Å²) in [6.07, 6.45) is 6.88. The number of terminal acetylenes is 1. The van der Waals surface area contributed by atoms with Gasteiger partial charge in [-0.15, -0.1) is 6.42 Å². The molecule has 0 aliphatic heterocycles. The van der Waals surface area contributed by atoms with Gasteiger partial charge in [-0.1, -0.05) is 5.92 Å². The summed E-state index contributed by atoms with van der Waals surface area (Å²) in [5.41, 5.74) is 0. The molecule has 0 fully saturated rings. The highest BCUT2D eigenvalue weighted by molar-refractivity contribution is 5.77. The normalized spacial score (nSPS) is 9.88. The van der Waals surface area contributed by atoms with Crippen molar-refractivity contribution in [1.82, 2.24) is 10.6 Å². The molecule has 0 bridgehead atoms. The van der Waals surface area contributed by atoms with Crippen molar-refractivity contribution in [3.05, 3.63) is 0 Å². The smallest absolute Gasteiger partial charge is 0.233 e. The Balaban J connectivity index is 3.11. The first-order valence-electron chi connectivity index (χ1n) is 5.78. The van der Waals surface area contributed by atoms with Crippen molar-refractivity contribution in [2.45, 2.75) is 12.8 Å². The molecule has 0 atom stereocenters. The summed E-state index contributed by atoms with van der Waals surface area (Å²) >= 11 is 0. The molecule has 0 aromatic rings. The average molecular weight is 242 g/mol. The number of methoxy groups -OCH3 is 1. The van der Waals surface area contributed by atoms with Crippen molar-refractivity contribution in [1.29, 1.82) is 0 Å². The van der Waals surface area contributed by atoms with E-state index in [-0.39, 0.29) is 12.5 Å². The molecule has 1 amide bonds. The lowest BCUT2D eigenvalue weighted by Gasteiger charge is -2.06. The van der Waals surface area contributed by atoms with Gasteiger partial charge in [-0.2, -0.15) is 0 Å². The number of amides is 1. The molecule has 5 nitrogen and oxygen atoms in total. The molecule has 17 heavy (non-hydrogen) atoms. The molecule has 98 valence electrons. The summed E-state index contributed by atoms with van der Waals surface area (Å²) in [6.45, 7) is 3.31. The minimum atomic E-state index is -0.0273. The molecule has 0 saturated carbocycles. The van der Waals surface area contributed by atoms with E-state index in [9.17, 15) is 4.79 Å². The van der Waals surface area contributed by atoms with Crippen LogP contribution in [0.4, 0.5) is 0 Å². The van der Waals surface area contributed by atoms with Gasteiger partial charge in [0.15, 0.2) is 0 Å². The van der Waals surface area contributed by atoms with E-state index in [1.807, 2.05) is 0 Å². The van der Waals surface area contributed by atoms with Gasteiger partial charge in [-0.25, -0.2) is 0 Å². The second-order valence-electron chi connectivity index (χ2n) is 3.47. The fraction of sp³-hybridized carbons (Fsp3) is 0.750. The SMILES string of the molecule is C#CCNCC(=O)NCCCCOCCOC. The first-order chi connectivity index (χ1) is 8.31. The predicted molar refractivity (Wildman–Crippen MR) is 66.6 cm³/mol. The lowest BCUT2D eigenvalue weighted by molar-refractivity contribution is -0.120. The summed E-state index contributed by atoms with van der Waals surface area (Å²) in [6, 6.07) is 0. The van der Waals surface area contributed by atoms with Gasteiger partial charge >= 0.3 is 0 Å². The van der Waals surface area contributed by atoms with Crippen LogP contribution in [0.3, 0.4) is 0 Å². The van der Waals surface area contributed by atoms with E-state index in [0.29, 0.717) is 32.9 Å². The Kier molecular flexibility index (Phi) is 12.1. The highest BCUT2D eigenvalue weighted by Crippen LogP contribution is 1.88. The van der Waals surface area contributed by atoms with Crippen molar-refractivity contribution >= 4 is 5.91 Å². The van der Waals surface area contributed by atoms with E-state index in [1.165, 1.54) is 0 Å². The highest BCUT2D eigenvalue weighted by Gasteiger charge is 1.98. The van der Waals surface area contributed by atoms with Crippen LogP contribution in [0, 0.1) is 12.3 Å². The summed E-state index contributed by atoms with van der Waals surface area (Å²) < 4.78 is 10.1. The maximum Gasteiger partial charge on any atom is 0.233 e. The van der Waals surface area contributed by atoms with Crippen molar-refractivity contribution in [2.24, 2.45) is 0 Å². The van der Waals surface area contributed by atoms with E-state index < -0.39 is 0 Å². The molecule has 0 unspecified atom stereocenters. The van der Waals surface area contributed by atoms with Crippen LogP contribution < -0.4 is 10.6 Å². The van der Waals surface area contributed by atoms with Crippen molar-refractivity contribution in [3.63, 3.8) is 0 Å². The van der Waals surface area contributed by atoms with Crippen LogP contribution in [0.15, 0.2) is 0 Å². The third kappa shape index (κ3) is 12.8. The standard InChI is InChI=1S/C12H22N2O3/c1-3-6-13-11-12(15)14-7-4-5-8-17-10-9-16-2/h1,13H,4-11H2,2H3,(H,14,15). The molecule has 0 spiro atoms. The molecule has 0 rings (SSSR count). The minimum Gasteiger partial charge on any atom is -0.382 e. The maximum absolute atomic E-state index is 11.2. The Hall–Kier alpha value is -1.09. The molecule has 0 radical (unpaired) electrons. The zero-order valence-electron chi connectivity index (χ0n) is 10.5. The molecule has 0 aromatic heterocycles. The van der Waals surface area contributed by atoms with Crippen LogP contribution in [0.1, 0.15) is 12.8 Å². The Labute approximate surface area is 103 Å². The van der Waals surface area contributed by atoms with Gasteiger partial charge in [0, 0.05) is 20.3 Å². The van der Waals surface area contributed by atoms with Gasteiger partial charge in [0.1, 0.15) is 0 Å². The highest BCUT2D eigenvalue weighted by atomic mass is 16.5. The maximum atomic E-state index is 11.2. The molecule has 0 aliphatic rings. The van der Waals surface area contributed by atoms with Crippen molar-refractivity contribution in [2.75, 3.05) is 46.6 Å². The Bertz CT molecular complexity index is 226. The van der Waals surface area contributed by atoms with Gasteiger partial charge < -0.3 is 14.8 Å². The van der Waals surface area contributed by atoms with Crippen molar-refractivity contribution < 1.29 is 14.3 Å². The van der Waals surface area contributed by atoms with Gasteiger partial charge in [0.05, 0.1) is 26.3 Å². The largest absolute Gasteiger partial charge is 0.382 e. The van der Waals surface area contributed by atoms with Crippen LogP contribution in [0.2, 0.25) is 0 Å². The Morgan fingerprint density at radius 1 is 1.29 bits per heavy atom. The fourth-order valence-corrected chi connectivity index (χ4v) is 1.11. The zero-order chi connectivity index (χ0) is 12.8. The lowest BCUT2D eigenvalue weighted by Crippen LogP contribution is -2.34. The predicted octanol–water partition coefficient (Wildman–Crippen LogP) is -0.231. The van der Waals surface area contributed by atoms with E-state index in [2.05, 4.69) is 16.6 Å². The first-order valence-corrected chi connectivity index (χ1v) is 5.78. The second-order valence-corrected chi connectivity index (χ2v) is 3.47. The van der Waals surface area contributed by atoms with E-state index in [0.717, 1.165) is 12.8 Å². The van der Waals surface area contributed by atoms with E-state index in [1.54, 1.807) is 7.11 Å². The van der Waals surface area contributed by atoms with Crippen LogP contribution in [-0.4, -0.2) is 52.5 Å². The molecule has 2 N–H and O–H groups in total. The molecular weight excluding hydrogens is 220 g/mol. The zero-order valence-corrected chi connectivity index (χ0v) is 10.5. The summed E-state index contributed by atoms with van der Waals surface area (Å²) in [7, 11) is 1.65. The monoisotopic (exact) mass is 242 g/mol. The van der Waals surface area contributed by atoms with Crippen molar-refractivity contribution in [3.8, 4) is 12.3 Å². The summed E-state index contributed by atoms with van der Waals surface area (Å²) in [4.78, 5) is 11.2. The van der Waals surface area contributed by atoms with E-state index in [4.69, 9.17) is 15.9 Å². The molecule has 0 heterocycles. The van der Waals surface area contributed by atoms with Gasteiger partial charge in [-0.05, 0) is 12.8 Å². The number of unbranched alkanes of at least 4 members (excludes halogenated alkanes) is 1. The first kappa shape index (κ1) is 15.9. The topological polar surface area (TPSA) is 59.6 Å². The molecular formula is C12H22N2O3. The molecule has 0 aromatic carbocycles. The Morgan fingerprint density at radius 3 is 2.82 bits per heavy atom. The second kappa shape index (κ2) is 13.0. The van der Waals surface area contributed by atoms with E-state index >= 15 is 0 Å². The molecule has 5 heteroatoms. The summed E-state index contributed by atoms with van der Waals surface area (Å²) in [5.74, 6) is 2.38. The van der Waals surface area contributed by atoms with Gasteiger partial charge in [0.25, 0.3) is 0 Å². The number of hydrogen-bond acceptors (Lipinski definition) is 4. The van der Waals surface area contributed by atoms with Crippen LogP contribution in [0.25, 0.3) is 0 Å². The minimum absolute atomic E-state index is 0.0273. The Morgan fingerprint density at radius 2 is 2.12 bits per heavy atom. The number of rotatable bonds is 11. The quantitative estimate of drug-likeness (QED) is 0.388. The van der Waals surface area contributed by atoms with Crippen LogP contribution >= 0.6 is 0 Å². The number of hydrogen-bond donors (Lipinski definition) is 2.